The van der Waals surface area contributed by atoms with E-state index < -0.39 is 0 Å². The Bertz CT molecular complexity index is 727. The fraction of sp³-hybridized carbons (Fsp3) is 0.409. The van der Waals surface area contributed by atoms with Crippen LogP contribution in [0.1, 0.15) is 29.5 Å². The standard InChI is InChI=1S/C22H28N2O2/c1-17-5-3-6-19(15-17)16-24-14-4-7-21(24)22(25)23-13-12-18-8-10-20(26-2)11-9-18/h3,5-6,8-11,15,21H,4,7,12-14,16H2,1-2H3,(H,23,25). The lowest BCUT2D eigenvalue weighted by Gasteiger charge is -2.24. The van der Waals surface area contributed by atoms with Crippen molar-refractivity contribution in [2.75, 3.05) is 20.2 Å². The molecule has 3 rings (SSSR count). The maximum atomic E-state index is 12.6. The third-order valence-electron chi connectivity index (χ3n) is 5.01. The molecule has 1 heterocycles. The van der Waals surface area contributed by atoms with Crippen molar-refractivity contribution in [2.24, 2.45) is 0 Å². The highest BCUT2D eigenvalue weighted by molar-refractivity contribution is 5.82. The monoisotopic (exact) mass is 352 g/mol. The number of ether oxygens (including phenoxy) is 1. The molecule has 1 atom stereocenters. The van der Waals surface area contributed by atoms with Crippen LogP contribution in [0.3, 0.4) is 0 Å². The molecule has 0 bridgehead atoms. The topological polar surface area (TPSA) is 41.6 Å². The third-order valence-corrected chi connectivity index (χ3v) is 5.01. The Morgan fingerprint density at radius 3 is 2.73 bits per heavy atom. The van der Waals surface area contributed by atoms with Crippen molar-refractivity contribution in [2.45, 2.75) is 38.8 Å². The van der Waals surface area contributed by atoms with Gasteiger partial charge in [0.15, 0.2) is 0 Å². The van der Waals surface area contributed by atoms with Crippen molar-refractivity contribution >= 4 is 5.91 Å². The summed E-state index contributed by atoms with van der Waals surface area (Å²) in [6, 6.07) is 16.5. The maximum absolute atomic E-state index is 12.6. The number of methoxy groups -OCH3 is 1. The van der Waals surface area contributed by atoms with Crippen LogP contribution in [0, 0.1) is 6.92 Å². The van der Waals surface area contributed by atoms with E-state index in [4.69, 9.17) is 4.74 Å². The summed E-state index contributed by atoms with van der Waals surface area (Å²) >= 11 is 0. The van der Waals surface area contributed by atoms with Gasteiger partial charge in [-0.25, -0.2) is 0 Å². The fourth-order valence-corrected chi connectivity index (χ4v) is 3.60. The molecular weight excluding hydrogens is 324 g/mol. The molecule has 1 aliphatic rings. The van der Waals surface area contributed by atoms with E-state index in [1.54, 1.807) is 7.11 Å². The van der Waals surface area contributed by atoms with Crippen LogP contribution < -0.4 is 10.1 Å². The van der Waals surface area contributed by atoms with Crippen molar-refractivity contribution in [1.82, 2.24) is 10.2 Å². The summed E-state index contributed by atoms with van der Waals surface area (Å²) in [5.74, 6) is 1.01. The first-order valence-electron chi connectivity index (χ1n) is 9.36. The van der Waals surface area contributed by atoms with Gasteiger partial charge >= 0.3 is 0 Å². The fourth-order valence-electron chi connectivity index (χ4n) is 3.60. The number of hydrogen-bond donors (Lipinski definition) is 1. The summed E-state index contributed by atoms with van der Waals surface area (Å²) in [6.07, 6.45) is 2.86. The smallest absolute Gasteiger partial charge is 0.237 e. The molecule has 0 spiro atoms. The Morgan fingerprint density at radius 2 is 2.00 bits per heavy atom. The number of rotatable bonds is 7. The van der Waals surface area contributed by atoms with Gasteiger partial charge in [0.05, 0.1) is 13.2 Å². The zero-order valence-corrected chi connectivity index (χ0v) is 15.7. The summed E-state index contributed by atoms with van der Waals surface area (Å²) in [7, 11) is 1.67. The molecule has 1 aliphatic heterocycles. The number of amides is 1. The number of carbonyl (C=O) groups is 1. The molecule has 0 saturated carbocycles. The van der Waals surface area contributed by atoms with E-state index in [1.165, 1.54) is 16.7 Å². The van der Waals surface area contributed by atoms with Crippen molar-refractivity contribution in [3.8, 4) is 5.75 Å². The van der Waals surface area contributed by atoms with Crippen LogP contribution >= 0.6 is 0 Å². The molecule has 4 heteroatoms. The number of benzene rings is 2. The predicted molar refractivity (Wildman–Crippen MR) is 104 cm³/mol. The largest absolute Gasteiger partial charge is 0.497 e. The minimum Gasteiger partial charge on any atom is -0.497 e. The Balaban J connectivity index is 1.49. The van der Waals surface area contributed by atoms with Crippen LogP contribution in [0.5, 0.6) is 5.75 Å². The van der Waals surface area contributed by atoms with E-state index >= 15 is 0 Å². The molecule has 2 aromatic rings. The van der Waals surface area contributed by atoms with Crippen molar-refractivity contribution < 1.29 is 9.53 Å². The molecule has 26 heavy (non-hydrogen) atoms. The Morgan fingerprint density at radius 1 is 1.19 bits per heavy atom. The SMILES string of the molecule is COc1ccc(CCNC(=O)C2CCCN2Cc2cccc(C)c2)cc1. The van der Waals surface area contributed by atoms with Crippen LogP contribution in [0.25, 0.3) is 0 Å². The molecule has 2 aromatic carbocycles. The van der Waals surface area contributed by atoms with Crippen LogP contribution in [0.4, 0.5) is 0 Å². The molecule has 1 unspecified atom stereocenters. The number of likely N-dealkylation sites (tertiary alicyclic amines) is 1. The molecule has 1 amide bonds. The molecule has 4 nitrogen and oxygen atoms in total. The first-order chi connectivity index (χ1) is 12.7. The quantitative estimate of drug-likeness (QED) is 0.831. The summed E-state index contributed by atoms with van der Waals surface area (Å²) < 4.78 is 5.17. The Kier molecular flexibility index (Phi) is 6.29. The molecule has 0 aromatic heterocycles. The van der Waals surface area contributed by atoms with Crippen LogP contribution in [0.15, 0.2) is 48.5 Å². The van der Waals surface area contributed by atoms with Gasteiger partial charge in [0.2, 0.25) is 5.91 Å². The van der Waals surface area contributed by atoms with Gasteiger partial charge in [-0.05, 0) is 56.0 Å². The Labute approximate surface area is 156 Å². The number of carbonyl (C=O) groups excluding carboxylic acids is 1. The molecule has 1 fully saturated rings. The number of hydrogen-bond acceptors (Lipinski definition) is 3. The lowest BCUT2D eigenvalue weighted by atomic mass is 10.1. The average Bonchev–Trinajstić information content (AvgIpc) is 3.10. The van der Waals surface area contributed by atoms with Gasteiger partial charge in [-0.3, -0.25) is 9.69 Å². The summed E-state index contributed by atoms with van der Waals surface area (Å²) in [5.41, 5.74) is 3.75. The lowest BCUT2D eigenvalue weighted by Crippen LogP contribution is -2.43. The first-order valence-corrected chi connectivity index (χ1v) is 9.36. The second kappa shape index (κ2) is 8.86. The normalized spacial score (nSPS) is 17.2. The first kappa shape index (κ1) is 18.5. The average molecular weight is 352 g/mol. The number of nitrogens with one attached hydrogen (secondary N) is 1. The highest BCUT2D eigenvalue weighted by atomic mass is 16.5. The minimum absolute atomic E-state index is 0.00798. The van der Waals surface area contributed by atoms with Gasteiger partial charge in [-0.1, -0.05) is 42.0 Å². The highest BCUT2D eigenvalue weighted by Crippen LogP contribution is 2.20. The number of aryl methyl sites for hydroxylation is 1. The molecule has 138 valence electrons. The molecular formula is C22H28N2O2. The van der Waals surface area contributed by atoms with Gasteiger partial charge in [-0.2, -0.15) is 0 Å². The van der Waals surface area contributed by atoms with Crippen molar-refractivity contribution in [3.63, 3.8) is 0 Å². The van der Waals surface area contributed by atoms with E-state index in [9.17, 15) is 4.79 Å². The minimum atomic E-state index is -0.00798. The van der Waals surface area contributed by atoms with Crippen LogP contribution in [-0.2, 0) is 17.8 Å². The highest BCUT2D eigenvalue weighted by Gasteiger charge is 2.30. The predicted octanol–water partition coefficient (Wildman–Crippen LogP) is 3.33. The second-order valence-electron chi connectivity index (χ2n) is 7.01. The lowest BCUT2D eigenvalue weighted by molar-refractivity contribution is -0.125. The van der Waals surface area contributed by atoms with E-state index in [0.29, 0.717) is 6.54 Å². The Hall–Kier alpha value is -2.33. The van der Waals surface area contributed by atoms with Crippen LogP contribution in [-0.4, -0.2) is 37.0 Å². The summed E-state index contributed by atoms with van der Waals surface area (Å²) in [5, 5.41) is 3.12. The van der Waals surface area contributed by atoms with E-state index in [1.807, 2.05) is 24.3 Å². The van der Waals surface area contributed by atoms with Gasteiger partial charge < -0.3 is 10.1 Å². The van der Waals surface area contributed by atoms with Gasteiger partial charge in [0, 0.05) is 13.1 Å². The molecule has 0 radical (unpaired) electrons. The maximum Gasteiger partial charge on any atom is 0.237 e. The van der Waals surface area contributed by atoms with E-state index in [2.05, 4.69) is 41.4 Å². The van der Waals surface area contributed by atoms with E-state index in [0.717, 1.165) is 38.1 Å². The zero-order chi connectivity index (χ0) is 18.4. The van der Waals surface area contributed by atoms with Gasteiger partial charge in [0.1, 0.15) is 5.75 Å². The van der Waals surface area contributed by atoms with Crippen molar-refractivity contribution in [3.05, 3.63) is 65.2 Å². The number of nitrogens with zero attached hydrogens (tertiary/aromatic N) is 1. The molecule has 0 aliphatic carbocycles. The van der Waals surface area contributed by atoms with E-state index in [-0.39, 0.29) is 11.9 Å². The van der Waals surface area contributed by atoms with Gasteiger partial charge in [-0.15, -0.1) is 0 Å². The van der Waals surface area contributed by atoms with Crippen LogP contribution in [0.2, 0.25) is 0 Å². The van der Waals surface area contributed by atoms with Gasteiger partial charge in [0.25, 0.3) is 0 Å². The third kappa shape index (κ3) is 4.85. The molecule has 1 N–H and O–H groups in total. The summed E-state index contributed by atoms with van der Waals surface area (Å²) in [4.78, 5) is 14.9. The zero-order valence-electron chi connectivity index (χ0n) is 15.7. The van der Waals surface area contributed by atoms with Crippen molar-refractivity contribution in [1.29, 1.82) is 0 Å². The summed E-state index contributed by atoms with van der Waals surface area (Å²) in [6.45, 7) is 4.61. The molecule has 1 saturated heterocycles. The second-order valence-corrected chi connectivity index (χ2v) is 7.01.